The van der Waals surface area contributed by atoms with Crippen LogP contribution in [0.15, 0.2) is 53.9 Å². The van der Waals surface area contributed by atoms with Gasteiger partial charge in [-0.05, 0) is 49.9 Å². The largest absolute Gasteiger partial charge is 0.492 e. The highest BCUT2D eigenvalue weighted by Gasteiger charge is 2.23. The highest BCUT2D eigenvalue weighted by Crippen LogP contribution is 2.32. The lowest BCUT2D eigenvalue weighted by Crippen LogP contribution is -2.40. The summed E-state index contributed by atoms with van der Waals surface area (Å²) in [5, 5.41) is 9.52. The maximum Gasteiger partial charge on any atom is 0.233 e. The van der Waals surface area contributed by atoms with Crippen LogP contribution >= 0.6 is 11.8 Å². The van der Waals surface area contributed by atoms with E-state index in [4.69, 9.17) is 4.74 Å². The molecule has 3 heterocycles. The molecule has 0 unspecified atom stereocenters. The second kappa shape index (κ2) is 9.96. The topological polar surface area (TPSA) is 73.1 Å². The van der Waals surface area contributed by atoms with Gasteiger partial charge >= 0.3 is 0 Å². The molecule has 31 heavy (non-hydrogen) atoms. The molecule has 0 bridgehead atoms. The van der Waals surface area contributed by atoms with E-state index >= 15 is 0 Å². The SMILES string of the molecule is CCOc1ccccc1-n1c(SCC(=O)N2CCC[C@@H](C)C2)nnc1-c1cccnc1. The molecular weight excluding hydrogens is 410 g/mol. The lowest BCUT2D eigenvalue weighted by atomic mass is 10.0. The van der Waals surface area contributed by atoms with Crippen LogP contribution in [0.1, 0.15) is 26.7 Å². The van der Waals surface area contributed by atoms with Gasteiger partial charge in [0.15, 0.2) is 11.0 Å². The number of likely N-dealkylation sites (tertiary alicyclic amines) is 1. The first kappa shape index (κ1) is 21.4. The van der Waals surface area contributed by atoms with Gasteiger partial charge in [0.05, 0.1) is 18.0 Å². The van der Waals surface area contributed by atoms with E-state index in [0.29, 0.717) is 29.3 Å². The fourth-order valence-electron chi connectivity index (χ4n) is 3.82. The van der Waals surface area contributed by atoms with Crippen molar-refractivity contribution in [1.29, 1.82) is 0 Å². The minimum absolute atomic E-state index is 0.145. The molecule has 8 heteroatoms. The van der Waals surface area contributed by atoms with Crippen LogP contribution in [0.4, 0.5) is 0 Å². The van der Waals surface area contributed by atoms with E-state index in [-0.39, 0.29) is 5.91 Å². The number of amides is 1. The van der Waals surface area contributed by atoms with Crippen molar-refractivity contribution in [2.75, 3.05) is 25.4 Å². The Hall–Kier alpha value is -2.87. The maximum absolute atomic E-state index is 12.8. The molecule has 1 aliphatic rings. The summed E-state index contributed by atoms with van der Waals surface area (Å²) in [6, 6.07) is 11.6. The minimum atomic E-state index is 0.145. The predicted octanol–water partition coefficient (Wildman–Crippen LogP) is 4.08. The molecule has 1 aromatic carbocycles. The third kappa shape index (κ3) is 4.90. The monoisotopic (exact) mass is 437 g/mol. The van der Waals surface area contributed by atoms with Crippen LogP contribution in [0, 0.1) is 5.92 Å². The Bertz CT molecular complexity index is 1020. The molecule has 0 spiro atoms. The predicted molar refractivity (Wildman–Crippen MR) is 121 cm³/mol. The summed E-state index contributed by atoms with van der Waals surface area (Å²) < 4.78 is 7.82. The average Bonchev–Trinajstić information content (AvgIpc) is 3.22. The summed E-state index contributed by atoms with van der Waals surface area (Å²) in [7, 11) is 0. The number of benzene rings is 1. The van der Waals surface area contributed by atoms with Gasteiger partial charge in [0.25, 0.3) is 0 Å². The van der Waals surface area contributed by atoms with Crippen molar-refractivity contribution in [3.05, 3.63) is 48.8 Å². The molecule has 0 saturated carbocycles. The summed E-state index contributed by atoms with van der Waals surface area (Å²) in [6.45, 7) is 6.38. The zero-order chi connectivity index (χ0) is 21.6. The highest BCUT2D eigenvalue weighted by molar-refractivity contribution is 7.99. The van der Waals surface area contributed by atoms with Crippen LogP contribution in [0.3, 0.4) is 0 Å². The van der Waals surface area contributed by atoms with Crippen LogP contribution in [-0.4, -0.2) is 56.0 Å². The normalized spacial score (nSPS) is 16.3. The fraction of sp³-hybridized carbons (Fsp3) is 0.391. The third-order valence-corrected chi connectivity index (χ3v) is 6.21. The van der Waals surface area contributed by atoms with Crippen molar-refractivity contribution < 1.29 is 9.53 Å². The first-order valence-corrected chi connectivity index (χ1v) is 11.6. The fourth-order valence-corrected chi connectivity index (χ4v) is 4.66. The number of nitrogens with zero attached hydrogens (tertiary/aromatic N) is 5. The number of carbonyl (C=O) groups is 1. The van der Waals surface area contributed by atoms with Crippen LogP contribution in [0.5, 0.6) is 5.75 Å². The van der Waals surface area contributed by atoms with Crippen molar-refractivity contribution in [1.82, 2.24) is 24.6 Å². The van der Waals surface area contributed by atoms with Crippen molar-refractivity contribution in [2.24, 2.45) is 5.92 Å². The number of hydrogen-bond acceptors (Lipinski definition) is 6. The Labute approximate surface area is 186 Å². The van der Waals surface area contributed by atoms with E-state index in [1.165, 1.54) is 18.2 Å². The summed E-state index contributed by atoms with van der Waals surface area (Å²) in [5.74, 6) is 2.44. The number of hydrogen-bond donors (Lipinski definition) is 0. The smallest absolute Gasteiger partial charge is 0.233 e. The Kier molecular flexibility index (Phi) is 6.86. The number of carbonyl (C=O) groups excluding carboxylic acids is 1. The summed E-state index contributed by atoms with van der Waals surface area (Å²) in [5.41, 5.74) is 1.69. The van der Waals surface area contributed by atoms with E-state index in [9.17, 15) is 4.79 Å². The Morgan fingerprint density at radius 1 is 1.23 bits per heavy atom. The van der Waals surface area contributed by atoms with Gasteiger partial charge in [-0.2, -0.15) is 0 Å². The summed E-state index contributed by atoms with van der Waals surface area (Å²) in [4.78, 5) is 19.0. The average molecular weight is 438 g/mol. The van der Waals surface area contributed by atoms with Gasteiger partial charge < -0.3 is 9.64 Å². The number of aromatic nitrogens is 4. The Balaban J connectivity index is 1.65. The van der Waals surface area contributed by atoms with Gasteiger partial charge in [0, 0.05) is 31.0 Å². The van der Waals surface area contributed by atoms with E-state index < -0.39 is 0 Å². The second-order valence-corrected chi connectivity index (χ2v) is 8.60. The first-order valence-electron chi connectivity index (χ1n) is 10.7. The van der Waals surface area contributed by atoms with Crippen molar-refractivity contribution in [3.63, 3.8) is 0 Å². The van der Waals surface area contributed by atoms with Crippen molar-refractivity contribution in [3.8, 4) is 22.8 Å². The lowest BCUT2D eigenvalue weighted by molar-refractivity contribution is -0.130. The van der Waals surface area contributed by atoms with Gasteiger partial charge in [0.1, 0.15) is 5.75 Å². The van der Waals surface area contributed by atoms with E-state index in [0.717, 1.165) is 36.5 Å². The van der Waals surface area contributed by atoms with E-state index in [2.05, 4.69) is 22.1 Å². The zero-order valence-electron chi connectivity index (χ0n) is 17.9. The zero-order valence-corrected chi connectivity index (χ0v) is 18.7. The number of thioether (sulfide) groups is 1. The number of pyridine rings is 1. The molecule has 1 atom stereocenters. The molecule has 7 nitrogen and oxygen atoms in total. The molecule has 1 aliphatic heterocycles. The van der Waals surface area contributed by atoms with Crippen LogP contribution in [0.2, 0.25) is 0 Å². The van der Waals surface area contributed by atoms with Gasteiger partial charge in [0.2, 0.25) is 5.91 Å². The molecule has 162 valence electrons. The molecule has 0 aliphatic carbocycles. The molecular formula is C23H27N5O2S. The highest BCUT2D eigenvalue weighted by atomic mass is 32.2. The van der Waals surface area contributed by atoms with Crippen LogP contribution in [0.25, 0.3) is 17.1 Å². The second-order valence-electron chi connectivity index (χ2n) is 7.66. The third-order valence-electron chi connectivity index (χ3n) is 5.29. The van der Waals surface area contributed by atoms with Crippen molar-refractivity contribution >= 4 is 17.7 Å². The standard InChI is InChI=1S/C23H27N5O2S/c1-3-30-20-11-5-4-10-19(20)28-22(18-9-6-12-24-14-18)25-26-23(28)31-16-21(29)27-13-7-8-17(2)15-27/h4-6,9-12,14,17H,3,7-8,13,15-16H2,1-2H3/t17-/m1/s1. The number of ether oxygens (including phenoxy) is 1. The van der Waals surface area contributed by atoms with E-state index in [1.54, 1.807) is 12.4 Å². The molecule has 2 aromatic heterocycles. The molecule has 0 N–H and O–H groups in total. The molecule has 4 rings (SSSR count). The number of rotatable bonds is 7. The number of piperidine rings is 1. The van der Waals surface area contributed by atoms with Crippen LogP contribution in [-0.2, 0) is 4.79 Å². The molecule has 3 aromatic rings. The van der Waals surface area contributed by atoms with Gasteiger partial charge in [-0.3, -0.25) is 14.3 Å². The Morgan fingerprint density at radius 3 is 2.87 bits per heavy atom. The molecule has 1 amide bonds. The van der Waals surface area contributed by atoms with E-state index in [1.807, 2.05) is 52.8 Å². The quantitative estimate of drug-likeness (QED) is 0.519. The minimum Gasteiger partial charge on any atom is -0.492 e. The molecule has 1 fully saturated rings. The number of para-hydroxylation sites is 2. The maximum atomic E-state index is 12.8. The summed E-state index contributed by atoms with van der Waals surface area (Å²) >= 11 is 1.41. The molecule has 0 radical (unpaired) electrons. The van der Waals surface area contributed by atoms with Crippen LogP contribution < -0.4 is 4.74 Å². The summed E-state index contributed by atoms with van der Waals surface area (Å²) in [6.07, 6.45) is 5.75. The van der Waals surface area contributed by atoms with Gasteiger partial charge in [-0.25, -0.2) is 0 Å². The Morgan fingerprint density at radius 2 is 2.10 bits per heavy atom. The van der Waals surface area contributed by atoms with Crippen molar-refractivity contribution in [2.45, 2.75) is 31.8 Å². The lowest BCUT2D eigenvalue weighted by Gasteiger charge is -2.30. The molecule has 1 saturated heterocycles. The van der Waals surface area contributed by atoms with Gasteiger partial charge in [-0.15, -0.1) is 10.2 Å². The van der Waals surface area contributed by atoms with Gasteiger partial charge in [-0.1, -0.05) is 30.8 Å². The first-order chi connectivity index (χ1) is 15.2.